The summed E-state index contributed by atoms with van der Waals surface area (Å²) in [6.45, 7) is 16.7. The molecule has 23 heavy (non-hydrogen) atoms. The van der Waals surface area contributed by atoms with Gasteiger partial charge in [-0.1, -0.05) is 47.6 Å². The average Bonchev–Trinajstić information content (AvgIpc) is 2.43. The molecule has 0 radical (unpaired) electrons. The maximum absolute atomic E-state index is 6.16. The van der Waals surface area contributed by atoms with Crippen LogP contribution in [0.15, 0.2) is 18.2 Å². The van der Waals surface area contributed by atoms with Gasteiger partial charge >= 0.3 is 0 Å². The van der Waals surface area contributed by atoms with E-state index in [2.05, 4.69) is 70.8 Å². The fraction of sp³-hybridized carbons (Fsp3) is 0.700. The van der Waals surface area contributed by atoms with E-state index in [9.17, 15) is 0 Å². The van der Waals surface area contributed by atoms with Gasteiger partial charge in [0.2, 0.25) is 0 Å². The van der Waals surface area contributed by atoms with Crippen molar-refractivity contribution in [2.45, 2.75) is 77.8 Å². The van der Waals surface area contributed by atoms with Crippen molar-refractivity contribution in [3.05, 3.63) is 34.9 Å². The quantitative estimate of drug-likeness (QED) is 0.703. The molecule has 0 aliphatic rings. The molecule has 0 amide bonds. The third-order valence-electron chi connectivity index (χ3n) is 4.40. The van der Waals surface area contributed by atoms with E-state index in [0.29, 0.717) is 0 Å². The van der Waals surface area contributed by atoms with Gasteiger partial charge in [0.15, 0.2) is 0 Å². The van der Waals surface area contributed by atoms with Crippen LogP contribution in [0.25, 0.3) is 0 Å². The Morgan fingerprint density at radius 3 is 1.96 bits per heavy atom. The Morgan fingerprint density at radius 2 is 1.52 bits per heavy atom. The Bertz CT molecular complexity index is 448. The highest BCUT2D eigenvalue weighted by Gasteiger charge is 2.20. The molecule has 7 N–H and O–H groups in total. The molecule has 132 valence electrons. The minimum Gasteiger partial charge on any atom is -0.358 e. The highest BCUT2D eigenvalue weighted by atomic mass is 14.9. The third-order valence-corrected chi connectivity index (χ3v) is 4.40. The summed E-state index contributed by atoms with van der Waals surface area (Å²) in [5.74, 6) is 0. The summed E-state index contributed by atoms with van der Waals surface area (Å²) in [6.07, 6.45) is 2.21. The number of hydrogen-bond donors (Lipinski definition) is 3. The molecule has 0 spiro atoms. The predicted molar refractivity (Wildman–Crippen MR) is 99.3 cm³/mol. The lowest BCUT2D eigenvalue weighted by Gasteiger charge is -2.26. The van der Waals surface area contributed by atoms with Crippen LogP contribution in [-0.4, -0.2) is 19.1 Å². The normalized spacial score (nSPS) is 14.1. The van der Waals surface area contributed by atoms with E-state index in [1.165, 1.54) is 16.7 Å². The lowest BCUT2D eigenvalue weighted by molar-refractivity contribution is -0.672. The molecular formula is C20H39N3+2. The van der Waals surface area contributed by atoms with Crippen LogP contribution in [0.3, 0.4) is 0 Å². The predicted octanol–water partition coefficient (Wildman–Crippen LogP) is 1.69. The molecule has 0 unspecified atom stereocenters. The first-order chi connectivity index (χ1) is 10.5. The molecule has 0 heterocycles. The Hall–Kier alpha value is -0.900. The number of benzene rings is 1. The van der Waals surface area contributed by atoms with E-state index in [0.717, 1.165) is 32.5 Å². The van der Waals surface area contributed by atoms with Crippen molar-refractivity contribution >= 4 is 0 Å². The van der Waals surface area contributed by atoms with Gasteiger partial charge in [-0.3, -0.25) is 0 Å². The molecule has 1 atom stereocenters. The van der Waals surface area contributed by atoms with Gasteiger partial charge in [0.1, 0.15) is 6.54 Å². The second-order valence-corrected chi connectivity index (χ2v) is 8.90. The topological polar surface area (TPSA) is 70.3 Å². The smallest absolute Gasteiger partial charge is 0.101 e. The molecule has 0 aromatic heterocycles. The first-order valence-electron chi connectivity index (χ1n) is 9.05. The third kappa shape index (κ3) is 7.03. The maximum Gasteiger partial charge on any atom is 0.101 e. The second-order valence-electron chi connectivity index (χ2n) is 8.90. The molecular weight excluding hydrogens is 282 g/mol. The molecule has 0 aliphatic carbocycles. The molecule has 3 heteroatoms. The summed E-state index contributed by atoms with van der Waals surface area (Å²) in [4.78, 5) is 0. The van der Waals surface area contributed by atoms with Crippen LogP contribution in [0, 0.1) is 0 Å². The second kappa shape index (κ2) is 8.27. The Morgan fingerprint density at radius 1 is 1.00 bits per heavy atom. The van der Waals surface area contributed by atoms with Crippen molar-refractivity contribution in [1.82, 2.24) is 0 Å². The van der Waals surface area contributed by atoms with Crippen LogP contribution in [-0.2, 0) is 17.4 Å². The fourth-order valence-electron chi connectivity index (χ4n) is 2.66. The Kier molecular flexibility index (Phi) is 7.25. The van der Waals surface area contributed by atoms with Crippen LogP contribution in [0.1, 0.15) is 71.1 Å². The van der Waals surface area contributed by atoms with E-state index in [1.54, 1.807) is 0 Å². The molecule has 0 fully saturated rings. The highest BCUT2D eigenvalue weighted by Crippen LogP contribution is 2.30. The molecule has 1 rings (SSSR count). The van der Waals surface area contributed by atoms with Crippen molar-refractivity contribution in [1.29, 1.82) is 0 Å². The summed E-state index contributed by atoms with van der Waals surface area (Å²) >= 11 is 0. The van der Waals surface area contributed by atoms with Crippen LogP contribution >= 0.6 is 0 Å². The largest absolute Gasteiger partial charge is 0.358 e. The molecule has 1 aromatic rings. The number of hydrogen-bond acceptors (Lipinski definition) is 1. The molecule has 1 aromatic carbocycles. The zero-order valence-corrected chi connectivity index (χ0v) is 16.2. The van der Waals surface area contributed by atoms with Gasteiger partial charge in [-0.15, -0.1) is 0 Å². The molecule has 0 aliphatic heterocycles. The van der Waals surface area contributed by atoms with Crippen LogP contribution < -0.4 is 16.8 Å². The first kappa shape index (κ1) is 20.1. The van der Waals surface area contributed by atoms with Crippen molar-refractivity contribution < 1.29 is 11.1 Å². The summed E-state index contributed by atoms with van der Waals surface area (Å²) in [5, 5.41) is 2.35. The summed E-state index contributed by atoms with van der Waals surface area (Å²) in [6, 6.07) is 7.40. The van der Waals surface area contributed by atoms with Crippen LogP contribution in [0.2, 0.25) is 0 Å². The zero-order chi connectivity index (χ0) is 17.7. The van der Waals surface area contributed by atoms with Gasteiger partial charge in [0, 0.05) is 5.56 Å². The SMILES string of the molecule is CC(C)(C)c1cc(C[NH2+]C[C@@H](N)CCC[NH3+])cc(C(C)(C)C)c1. The zero-order valence-electron chi connectivity index (χ0n) is 16.2. The maximum atomic E-state index is 6.16. The van der Waals surface area contributed by atoms with Crippen molar-refractivity contribution in [3.63, 3.8) is 0 Å². The monoisotopic (exact) mass is 321 g/mol. The minimum atomic E-state index is 0.181. The Labute approximate surface area is 143 Å². The van der Waals surface area contributed by atoms with E-state index >= 15 is 0 Å². The van der Waals surface area contributed by atoms with Gasteiger partial charge in [0.05, 0.1) is 19.1 Å². The standard InChI is InChI=1S/C20H37N3/c1-19(2,3)16-10-15(11-17(12-16)20(4,5)6)13-23-14-18(22)8-7-9-21/h10-12,18,23H,7-9,13-14,21-22H2,1-6H3/p+2/t18-/m0/s1. The van der Waals surface area contributed by atoms with E-state index in [4.69, 9.17) is 5.73 Å². The van der Waals surface area contributed by atoms with E-state index < -0.39 is 0 Å². The summed E-state index contributed by atoms with van der Waals surface area (Å²) in [5.41, 5.74) is 14.7. The van der Waals surface area contributed by atoms with Gasteiger partial charge < -0.3 is 16.8 Å². The Balaban J connectivity index is 2.81. The summed E-state index contributed by atoms with van der Waals surface area (Å²) in [7, 11) is 0. The van der Waals surface area contributed by atoms with E-state index in [-0.39, 0.29) is 16.9 Å². The number of nitrogens with two attached hydrogens (primary N) is 2. The van der Waals surface area contributed by atoms with Gasteiger partial charge in [0.25, 0.3) is 0 Å². The molecule has 0 saturated heterocycles. The van der Waals surface area contributed by atoms with Gasteiger partial charge in [-0.05, 0) is 46.9 Å². The van der Waals surface area contributed by atoms with Crippen molar-refractivity contribution in [3.8, 4) is 0 Å². The molecule has 3 nitrogen and oxygen atoms in total. The van der Waals surface area contributed by atoms with Crippen LogP contribution in [0.5, 0.6) is 0 Å². The van der Waals surface area contributed by atoms with Crippen LogP contribution in [0.4, 0.5) is 0 Å². The van der Waals surface area contributed by atoms with Gasteiger partial charge in [-0.2, -0.15) is 0 Å². The highest BCUT2D eigenvalue weighted by molar-refractivity contribution is 5.37. The van der Waals surface area contributed by atoms with Crippen molar-refractivity contribution in [2.75, 3.05) is 13.1 Å². The van der Waals surface area contributed by atoms with E-state index in [1.807, 2.05) is 0 Å². The number of quaternary nitrogens is 2. The average molecular weight is 322 g/mol. The van der Waals surface area contributed by atoms with Gasteiger partial charge in [-0.25, -0.2) is 0 Å². The lowest BCUT2D eigenvalue weighted by atomic mass is 9.79. The molecule has 0 saturated carbocycles. The fourth-order valence-corrected chi connectivity index (χ4v) is 2.66. The summed E-state index contributed by atoms with van der Waals surface area (Å²) < 4.78 is 0. The van der Waals surface area contributed by atoms with Crippen molar-refractivity contribution in [2.24, 2.45) is 5.73 Å². The lowest BCUT2D eigenvalue weighted by Crippen LogP contribution is -2.85. The minimum absolute atomic E-state index is 0.181. The molecule has 0 bridgehead atoms. The number of rotatable bonds is 7. The first-order valence-corrected chi connectivity index (χ1v) is 9.05.